The lowest BCUT2D eigenvalue weighted by atomic mass is 9.88. The molecule has 1 atom stereocenters. The number of nitrogens with one attached hydrogen (secondary N) is 1. The van der Waals surface area contributed by atoms with Crippen molar-refractivity contribution in [3.8, 4) is 16.9 Å². The van der Waals surface area contributed by atoms with Gasteiger partial charge in [0.1, 0.15) is 5.75 Å². The third kappa shape index (κ3) is 2.94. The molecule has 0 bridgehead atoms. The molecule has 0 radical (unpaired) electrons. The fourth-order valence-electron chi connectivity index (χ4n) is 3.36. The maximum absolute atomic E-state index is 12.4. The molecule has 0 saturated heterocycles. The first kappa shape index (κ1) is 15.9. The highest BCUT2D eigenvalue weighted by Crippen LogP contribution is 2.48. The van der Waals surface area contributed by atoms with Crippen LogP contribution < -0.4 is 10.1 Å². The SMILES string of the molecule is CCOc1ccccc1C1CC(=O)Nc2c(-c3ccccc3)csc21. The molecule has 1 N–H and O–H groups in total. The van der Waals surface area contributed by atoms with Gasteiger partial charge in [0.15, 0.2) is 0 Å². The van der Waals surface area contributed by atoms with Crippen LogP contribution in [0.4, 0.5) is 5.69 Å². The third-order valence-corrected chi connectivity index (χ3v) is 5.57. The van der Waals surface area contributed by atoms with Gasteiger partial charge in [0.05, 0.1) is 12.3 Å². The Hall–Kier alpha value is -2.59. The predicted octanol–water partition coefficient (Wildman–Crippen LogP) is 5.29. The quantitative estimate of drug-likeness (QED) is 0.695. The molecule has 0 saturated carbocycles. The molecule has 3 aromatic rings. The number of amides is 1. The molecule has 0 aliphatic carbocycles. The van der Waals surface area contributed by atoms with Crippen molar-refractivity contribution in [1.82, 2.24) is 0 Å². The van der Waals surface area contributed by atoms with Crippen molar-refractivity contribution in [2.24, 2.45) is 0 Å². The average Bonchev–Trinajstić information content (AvgIpc) is 3.06. The summed E-state index contributed by atoms with van der Waals surface area (Å²) in [7, 11) is 0. The molecule has 126 valence electrons. The van der Waals surface area contributed by atoms with E-state index in [1.54, 1.807) is 11.3 Å². The minimum atomic E-state index is 0.0361. The summed E-state index contributed by atoms with van der Waals surface area (Å²) in [6.07, 6.45) is 0.450. The van der Waals surface area contributed by atoms with Crippen LogP contribution in [0, 0.1) is 0 Å². The zero-order valence-corrected chi connectivity index (χ0v) is 14.8. The number of anilines is 1. The van der Waals surface area contributed by atoms with Crippen LogP contribution >= 0.6 is 11.3 Å². The number of para-hydroxylation sites is 1. The molecule has 1 aliphatic heterocycles. The van der Waals surface area contributed by atoms with E-state index < -0.39 is 0 Å². The van der Waals surface area contributed by atoms with Crippen LogP contribution in [0.25, 0.3) is 11.1 Å². The van der Waals surface area contributed by atoms with Crippen molar-refractivity contribution in [2.75, 3.05) is 11.9 Å². The minimum Gasteiger partial charge on any atom is -0.494 e. The Bertz CT molecular complexity index is 901. The Morgan fingerprint density at radius 3 is 2.68 bits per heavy atom. The largest absolute Gasteiger partial charge is 0.494 e. The van der Waals surface area contributed by atoms with Gasteiger partial charge < -0.3 is 10.1 Å². The van der Waals surface area contributed by atoms with E-state index in [0.717, 1.165) is 28.1 Å². The summed E-state index contributed by atoms with van der Waals surface area (Å²) in [6.45, 7) is 2.59. The van der Waals surface area contributed by atoms with E-state index in [9.17, 15) is 4.79 Å². The number of thiophene rings is 1. The average molecular weight is 349 g/mol. The lowest BCUT2D eigenvalue weighted by molar-refractivity contribution is -0.116. The topological polar surface area (TPSA) is 38.3 Å². The molecule has 1 aromatic heterocycles. The number of carbonyl (C=O) groups excluding carboxylic acids is 1. The number of hydrogen-bond donors (Lipinski definition) is 1. The summed E-state index contributed by atoms with van der Waals surface area (Å²) >= 11 is 1.71. The van der Waals surface area contributed by atoms with Crippen LogP contribution in [-0.2, 0) is 4.79 Å². The van der Waals surface area contributed by atoms with Crippen molar-refractivity contribution in [3.05, 3.63) is 70.4 Å². The predicted molar refractivity (Wildman–Crippen MR) is 102 cm³/mol. The van der Waals surface area contributed by atoms with E-state index in [4.69, 9.17) is 4.74 Å². The Morgan fingerprint density at radius 1 is 1.12 bits per heavy atom. The van der Waals surface area contributed by atoms with Crippen molar-refractivity contribution >= 4 is 22.9 Å². The first-order valence-corrected chi connectivity index (χ1v) is 9.34. The number of hydrogen-bond acceptors (Lipinski definition) is 3. The maximum Gasteiger partial charge on any atom is 0.225 e. The first-order valence-electron chi connectivity index (χ1n) is 8.46. The molecule has 4 heteroatoms. The molecule has 3 nitrogen and oxygen atoms in total. The van der Waals surface area contributed by atoms with Crippen LogP contribution in [0.1, 0.15) is 29.7 Å². The second-order valence-corrected chi connectivity index (χ2v) is 6.94. The van der Waals surface area contributed by atoms with Crippen LogP contribution in [-0.4, -0.2) is 12.5 Å². The molecule has 4 rings (SSSR count). The highest BCUT2D eigenvalue weighted by Gasteiger charge is 2.31. The summed E-state index contributed by atoms with van der Waals surface area (Å²) in [5, 5.41) is 5.23. The van der Waals surface area contributed by atoms with Gasteiger partial charge in [-0.2, -0.15) is 0 Å². The van der Waals surface area contributed by atoms with Crippen LogP contribution in [0.2, 0.25) is 0 Å². The molecule has 25 heavy (non-hydrogen) atoms. The third-order valence-electron chi connectivity index (χ3n) is 4.47. The molecule has 0 fully saturated rings. The van der Waals surface area contributed by atoms with Crippen LogP contribution in [0.5, 0.6) is 5.75 Å². The number of benzene rings is 2. The van der Waals surface area contributed by atoms with Gasteiger partial charge in [-0.05, 0) is 18.6 Å². The zero-order chi connectivity index (χ0) is 17.2. The molecule has 1 aliphatic rings. The summed E-state index contributed by atoms with van der Waals surface area (Å²) in [6, 6.07) is 18.2. The summed E-state index contributed by atoms with van der Waals surface area (Å²) in [5.74, 6) is 0.957. The zero-order valence-electron chi connectivity index (χ0n) is 14.0. The summed E-state index contributed by atoms with van der Waals surface area (Å²) in [5.41, 5.74) is 4.25. The lowest BCUT2D eigenvalue weighted by Crippen LogP contribution is -2.22. The van der Waals surface area contributed by atoms with E-state index in [-0.39, 0.29) is 11.8 Å². The van der Waals surface area contributed by atoms with Gasteiger partial charge in [-0.1, -0.05) is 48.5 Å². The van der Waals surface area contributed by atoms with E-state index >= 15 is 0 Å². The lowest BCUT2D eigenvalue weighted by Gasteiger charge is -2.25. The Kier molecular flexibility index (Phi) is 4.28. The number of rotatable bonds is 4. The van der Waals surface area contributed by atoms with E-state index in [2.05, 4.69) is 28.9 Å². The fourth-order valence-corrected chi connectivity index (χ4v) is 4.52. The Labute approximate surface area is 151 Å². The second kappa shape index (κ2) is 6.73. The summed E-state index contributed by atoms with van der Waals surface area (Å²) < 4.78 is 5.80. The first-order chi connectivity index (χ1) is 12.3. The van der Waals surface area contributed by atoms with Crippen LogP contribution in [0.15, 0.2) is 60.0 Å². The van der Waals surface area contributed by atoms with Crippen molar-refractivity contribution in [3.63, 3.8) is 0 Å². The van der Waals surface area contributed by atoms with Gasteiger partial charge in [-0.15, -0.1) is 11.3 Å². The van der Waals surface area contributed by atoms with Gasteiger partial charge in [0.25, 0.3) is 0 Å². The van der Waals surface area contributed by atoms with Gasteiger partial charge in [-0.25, -0.2) is 0 Å². The molecular weight excluding hydrogens is 330 g/mol. The highest BCUT2D eigenvalue weighted by molar-refractivity contribution is 7.11. The number of fused-ring (bicyclic) bond motifs is 1. The molecular formula is C21H19NO2S. The van der Waals surface area contributed by atoms with Gasteiger partial charge in [-0.3, -0.25) is 4.79 Å². The number of carbonyl (C=O) groups is 1. The second-order valence-electron chi connectivity index (χ2n) is 6.03. The van der Waals surface area contributed by atoms with Crippen LogP contribution in [0.3, 0.4) is 0 Å². The summed E-state index contributed by atoms with van der Waals surface area (Å²) in [4.78, 5) is 13.6. The van der Waals surface area contributed by atoms with E-state index in [1.165, 1.54) is 4.88 Å². The molecule has 1 amide bonds. The Morgan fingerprint density at radius 2 is 1.88 bits per heavy atom. The normalized spacial score (nSPS) is 16.2. The molecule has 2 heterocycles. The van der Waals surface area contributed by atoms with E-state index in [0.29, 0.717) is 13.0 Å². The molecule has 1 unspecified atom stereocenters. The molecule has 0 spiro atoms. The van der Waals surface area contributed by atoms with Crippen molar-refractivity contribution in [1.29, 1.82) is 0 Å². The van der Waals surface area contributed by atoms with Gasteiger partial charge >= 0.3 is 0 Å². The highest BCUT2D eigenvalue weighted by atomic mass is 32.1. The van der Waals surface area contributed by atoms with E-state index in [1.807, 2.05) is 43.3 Å². The fraction of sp³-hybridized carbons (Fsp3) is 0.190. The monoisotopic (exact) mass is 349 g/mol. The smallest absolute Gasteiger partial charge is 0.225 e. The Balaban J connectivity index is 1.82. The van der Waals surface area contributed by atoms with Gasteiger partial charge in [0.2, 0.25) is 5.91 Å². The maximum atomic E-state index is 12.4. The standard InChI is InChI=1S/C21H19NO2S/c1-2-24-18-11-7-6-10-15(18)16-12-19(23)22-20-17(13-25-21(16)20)14-8-4-3-5-9-14/h3-11,13,16H,2,12H2,1H3,(H,22,23). The number of ether oxygens (including phenoxy) is 1. The van der Waals surface area contributed by atoms with Crippen molar-refractivity contribution < 1.29 is 9.53 Å². The molecule has 2 aromatic carbocycles. The van der Waals surface area contributed by atoms with Gasteiger partial charge in [0, 0.05) is 33.7 Å². The van der Waals surface area contributed by atoms with Crippen molar-refractivity contribution in [2.45, 2.75) is 19.3 Å². The minimum absolute atomic E-state index is 0.0361.